The summed E-state index contributed by atoms with van der Waals surface area (Å²) in [6.45, 7) is 0.339. The first-order valence-electron chi connectivity index (χ1n) is 5.99. The standard InChI is InChI=1S/C11H19NO5/c1-16-11(15)9-7-4-2-3-5-12(7)17-10(9)8(14)6-13/h7-10,13-14H,2-6H2,1H3/t7-,8+,9+,10-/m1/s1. The lowest BCUT2D eigenvalue weighted by atomic mass is 9.87. The summed E-state index contributed by atoms with van der Waals surface area (Å²) in [6, 6.07) is -0.0394. The van der Waals surface area contributed by atoms with Crippen LogP contribution in [0.1, 0.15) is 19.3 Å². The number of piperidine rings is 1. The molecule has 0 aliphatic carbocycles. The highest BCUT2D eigenvalue weighted by molar-refractivity contribution is 5.74. The lowest BCUT2D eigenvalue weighted by molar-refractivity contribution is -0.197. The van der Waals surface area contributed by atoms with Crippen molar-refractivity contribution in [1.82, 2.24) is 5.06 Å². The van der Waals surface area contributed by atoms with Gasteiger partial charge in [0.2, 0.25) is 0 Å². The Bertz CT molecular complexity index is 285. The van der Waals surface area contributed by atoms with Crippen molar-refractivity contribution in [3.05, 3.63) is 0 Å². The molecular formula is C11H19NO5. The van der Waals surface area contributed by atoms with E-state index in [9.17, 15) is 9.90 Å². The Balaban J connectivity index is 2.17. The predicted octanol–water partition coefficient (Wildman–Crippen LogP) is -0.703. The molecule has 2 fully saturated rings. The van der Waals surface area contributed by atoms with Crippen LogP contribution in [0.3, 0.4) is 0 Å². The number of carbonyl (C=O) groups is 1. The van der Waals surface area contributed by atoms with Gasteiger partial charge in [0.25, 0.3) is 0 Å². The van der Waals surface area contributed by atoms with E-state index in [0.29, 0.717) is 0 Å². The number of carbonyl (C=O) groups excluding carboxylic acids is 1. The lowest BCUT2D eigenvalue weighted by Crippen LogP contribution is -2.42. The van der Waals surface area contributed by atoms with E-state index in [1.54, 1.807) is 5.06 Å². The molecule has 0 aromatic carbocycles. The first-order chi connectivity index (χ1) is 8.19. The third-order valence-electron chi connectivity index (χ3n) is 3.56. The number of methoxy groups -OCH3 is 1. The SMILES string of the molecule is COC(=O)[C@@H]1[C@@H]([C@@H](O)CO)ON2CCCC[C@H]12. The molecule has 0 radical (unpaired) electrons. The Kier molecular flexibility index (Phi) is 3.98. The summed E-state index contributed by atoms with van der Waals surface area (Å²) in [4.78, 5) is 17.4. The van der Waals surface area contributed by atoms with Crippen molar-refractivity contribution >= 4 is 5.97 Å². The number of rotatable bonds is 3. The van der Waals surface area contributed by atoms with Crippen LogP contribution < -0.4 is 0 Å². The molecule has 0 saturated carbocycles. The van der Waals surface area contributed by atoms with Crippen molar-refractivity contribution in [3.8, 4) is 0 Å². The lowest BCUT2D eigenvalue weighted by Gasteiger charge is -2.28. The van der Waals surface area contributed by atoms with E-state index in [4.69, 9.17) is 14.7 Å². The second kappa shape index (κ2) is 5.30. The van der Waals surface area contributed by atoms with E-state index in [0.717, 1.165) is 25.8 Å². The van der Waals surface area contributed by atoms with Crippen molar-refractivity contribution in [1.29, 1.82) is 0 Å². The van der Waals surface area contributed by atoms with Gasteiger partial charge in [-0.2, -0.15) is 5.06 Å². The Hall–Kier alpha value is -0.690. The third kappa shape index (κ3) is 2.30. The topological polar surface area (TPSA) is 79.2 Å². The molecule has 98 valence electrons. The van der Waals surface area contributed by atoms with Gasteiger partial charge in [-0.05, 0) is 12.8 Å². The van der Waals surface area contributed by atoms with Gasteiger partial charge in [0.1, 0.15) is 18.1 Å². The number of esters is 1. The maximum atomic E-state index is 11.8. The van der Waals surface area contributed by atoms with Gasteiger partial charge >= 0.3 is 5.97 Å². The molecule has 0 spiro atoms. The van der Waals surface area contributed by atoms with Crippen molar-refractivity contribution < 1.29 is 24.6 Å². The van der Waals surface area contributed by atoms with Crippen LogP contribution in [-0.4, -0.2) is 59.8 Å². The number of hydrogen-bond acceptors (Lipinski definition) is 6. The van der Waals surface area contributed by atoms with Crippen LogP contribution in [-0.2, 0) is 14.4 Å². The Labute approximate surface area is 100 Å². The smallest absolute Gasteiger partial charge is 0.313 e. The van der Waals surface area contributed by atoms with Gasteiger partial charge < -0.3 is 14.9 Å². The number of fused-ring (bicyclic) bond motifs is 1. The second-order valence-corrected chi connectivity index (χ2v) is 4.57. The normalized spacial score (nSPS) is 35.4. The molecule has 2 saturated heterocycles. The monoisotopic (exact) mass is 245 g/mol. The number of hydroxylamine groups is 2. The van der Waals surface area contributed by atoms with Crippen molar-refractivity contribution in [2.24, 2.45) is 5.92 Å². The minimum absolute atomic E-state index is 0.0394. The fourth-order valence-electron chi connectivity index (χ4n) is 2.70. The number of aliphatic hydroxyl groups is 2. The van der Waals surface area contributed by atoms with Crippen LogP contribution in [0.4, 0.5) is 0 Å². The van der Waals surface area contributed by atoms with Gasteiger partial charge in [0.15, 0.2) is 0 Å². The largest absolute Gasteiger partial charge is 0.469 e. The summed E-state index contributed by atoms with van der Waals surface area (Å²) >= 11 is 0. The molecule has 2 aliphatic heterocycles. The summed E-state index contributed by atoms with van der Waals surface area (Å²) in [7, 11) is 1.33. The summed E-state index contributed by atoms with van der Waals surface area (Å²) < 4.78 is 4.77. The first-order valence-corrected chi connectivity index (χ1v) is 5.99. The summed E-state index contributed by atoms with van der Waals surface area (Å²) in [5.41, 5.74) is 0. The summed E-state index contributed by atoms with van der Waals surface area (Å²) in [6.07, 6.45) is 1.17. The predicted molar refractivity (Wildman–Crippen MR) is 57.8 cm³/mol. The zero-order valence-corrected chi connectivity index (χ0v) is 9.91. The first kappa shape index (κ1) is 12.8. The third-order valence-corrected chi connectivity index (χ3v) is 3.56. The molecule has 17 heavy (non-hydrogen) atoms. The zero-order valence-electron chi connectivity index (χ0n) is 9.91. The van der Waals surface area contributed by atoms with Crippen molar-refractivity contribution in [2.45, 2.75) is 37.5 Å². The molecule has 6 nitrogen and oxygen atoms in total. The molecule has 4 atom stereocenters. The van der Waals surface area contributed by atoms with Gasteiger partial charge in [-0.25, -0.2) is 0 Å². The Morgan fingerprint density at radius 3 is 3.00 bits per heavy atom. The molecular weight excluding hydrogens is 226 g/mol. The minimum Gasteiger partial charge on any atom is -0.469 e. The minimum atomic E-state index is -1.05. The quantitative estimate of drug-likeness (QED) is 0.640. The van der Waals surface area contributed by atoms with Gasteiger partial charge in [-0.15, -0.1) is 0 Å². The van der Waals surface area contributed by atoms with Crippen molar-refractivity contribution in [2.75, 3.05) is 20.3 Å². The van der Waals surface area contributed by atoms with Crippen LogP contribution in [0.25, 0.3) is 0 Å². The molecule has 0 aromatic heterocycles. The average Bonchev–Trinajstić information content (AvgIpc) is 2.76. The average molecular weight is 245 g/mol. The zero-order chi connectivity index (χ0) is 12.4. The Morgan fingerprint density at radius 1 is 1.59 bits per heavy atom. The molecule has 2 rings (SSSR count). The molecule has 2 aliphatic rings. The Morgan fingerprint density at radius 2 is 2.35 bits per heavy atom. The van der Waals surface area contributed by atoms with E-state index in [-0.39, 0.29) is 12.0 Å². The van der Waals surface area contributed by atoms with Crippen LogP contribution in [0, 0.1) is 5.92 Å². The number of ether oxygens (including phenoxy) is 1. The maximum absolute atomic E-state index is 11.8. The second-order valence-electron chi connectivity index (χ2n) is 4.57. The van der Waals surface area contributed by atoms with E-state index < -0.39 is 24.7 Å². The van der Waals surface area contributed by atoms with E-state index >= 15 is 0 Å². The number of hydrogen-bond donors (Lipinski definition) is 2. The highest BCUT2D eigenvalue weighted by Crippen LogP contribution is 2.36. The molecule has 2 N–H and O–H groups in total. The van der Waals surface area contributed by atoms with Crippen LogP contribution in [0.5, 0.6) is 0 Å². The molecule has 0 bridgehead atoms. The van der Waals surface area contributed by atoms with E-state index in [2.05, 4.69) is 0 Å². The van der Waals surface area contributed by atoms with Gasteiger partial charge in [0.05, 0.1) is 19.8 Å². The number of aliphatic hydroxyl groups excluding tert-OH is 2. The van der Waals surface area contributed by atoms with Gasteiger partial charge in [0, 0.05) is 6.54 Å². The van der Waals surface area contributed by atoms with Crippen LogP contribution in [0.2, 0.25) is 0 Å². The summed E-state index contributed by atoms with van der Waals surface area (Å²) in [5, 5.41) is 20.5. The highest BCUT2D eigenvalue weighted by atomic mass is 16.7. The van der Waals surface area contributed by atoms with Gasteiger partial charge in [-0.3, -0.25) is 9.63 Å². The summed E-state index contributed by atoms with van der Waals surface area (Å²) in [5.74, 6) is -0.889. The molecule has 0 aromatic rings. The number of nitrogens with zero attached hydrogens (tertiary/aromatic N) is 1. The van der Waals surface area contributed by atoms with E-state index in [1.165, 1.54) is 7.11 Å². The molecule has 2 heterocycles. The fourth-order valence-corrected chi connectivity index (χ4v) is 2.70. The molecule has 6 heteroatoms. The van der Waals surface area contributed by atoms with Crippen LogP contribution in [0.15, 0.2) is 0 Å². The highest BCUT2D eigenvalue weighted by Gasteiger charge is 2.51. The van der Waals surface area contributed by atoms with E-state index in [1.807, 2.05) is 0 Å². The maximum Gasteiger partial charge on any atom is 0.313 e. The van der Waals surface area contributed by atoms with Gasteiger partial charge in [-0.1, -0.05) is 6.42 Å². The molecule has 0 unspecified atom stereocenters. The molecule has 0 amide bonds. The van der Waals surface area contributed by atoms with Crippen LogP contribution >= 0.6 is 0 Å². The van der Waals surface area contributed by atoms with Crippen molar-refractivity contribution in [3.63, 3.8) is 0 Å². The fraction of sp³-hybridized carbons (Fsp3) is 0.909.